The van der Waals surface area contributed by atoms with Gasteiger partial charge in [0, 0.05) is 25.8 Å². The number of carbonyl (C=O) groups is 1. The van der Waals surface area contributed by atoms with Crippen LogP contribution in [0.1, 0.15) is 40.5 Å². The number of carbonyl (C=O) groups excluding carboxylic acids is 1. The van der Waals surface area contributed by atoms with Gasteiger partial charge in [0.25, 0.3) is 5.91 Å². The molecule has 0 saturated carbocycles. The Morgan fingerprint density at radius 3 is 2.45 bits per heavy atom. The Kier molecular flexibility index (Phi) is 6.37. The number of nitrogens with zero attached hydrogens (tertiary/aromatic N) is 3. The highest BCUT2D eigenvalue weighted by molar-refractivity contribution is 5.92. The van der Waals surface area contributed by atoms with Crippen LogP contribution in [0.5, 0.6) is 0 Å². The zero-order chi connectivity index (χ0) is 19.9. The molecule has 0 bridgehead atoms. The lowest BCUT2D eigenvalue weighted by Gasteiger charge is -2.24. The van der Waals surface area contributed by atoms with Gasteiger partial charge in [-0.2, -0.15) is 5.10 Å². The van der Waals surface area contributed by atoms with Gasteiger partial charge in [0.15, 0.2) is 0 Å². The molecule has 0 spiro atoms. The number of rotatable bonds is 7. The van der Waals surface area contributed by atoms with Crippen LogP contribution in [0.2, 0.25) is 0 Å². The average molecular weight is 389 g/mol. The summed E-state index contributed by atoms with van der Waals surface area (Å²) < 4.78 is 1.96. The van der Waals surface area contributed by atoms with E-state index in [0.29, 0.717) is 24.8 Å². The lowest BCUT2D eigenvalue weighted by molar-refractivity contribution is 0.0737. The van der Waals surface area contributed by atoms with Crippen LogP contribution >= 0.6 is 0 Å². The third-order valence-electron chi connectivity index (χ3n) is 5.49. The molecule has 0 aliphatic carbocycles. The first-order valence-electron chi connectivity index (χ1n) is 10.4. The molecule has 1 fully saturated rings. The van der Waals surface area contributed by atoms with Crippen molar-refractivity contribution < 1.29 is 4.79 Å². The summed E-state index contributed by atoms with van der Waals surface area (Å²) in [6, 6.07) is 22.7. The number of aromatic nitrogens is 2. The fraction of sp³-hybridized carbons (Fsp3) is 0.333. The molecule has 5 heteroatoms. The molecule has 1 N–H and O–H groups in total. The van der Waals surface area contributed by atoms with Crippen molar-refractivity contribution in [1.82, 2.24) is 20.0 Å². The van der Waals surface area contributed by atoms with Crippen molar-refractivity contribution in [3.05, 3.63) is 89.7 Å². The van der Waals surface area contributed by atoms with Crippen LogP contribution < -0.4 is 5.32 Å². The molecule has 1 saturated heterocycles. The van der Waals surface area contributed by atoms with E-state index in [1.54, 1.807) is 0 Å². The number of amides is 1. The van der Waals surface area contributed by atoms with Gasteiger partial charge in [-0.15, -0.1) is 0 Å². The number of benzene rings is 2. The topological polar surface area (TPSA) is 50.2 Å². The minimum Gasteiger partial charge on any atom is -0.333 e. The Morgan fingerprint density at radius 1 is 1.03 bits per heavy atom. The normalized spacial score (nSPS) is 16.5. The molecule has 0 radical (unpaired) electrons. The van der Waals surface area contributed by atoms with Crippen LogP contribution in [0.3, 0.4) is 0 Å². The van der Waals surface area contributed by atoms with Crippen LogP contribution in [0.15, 0.2) is 72.9 Å². The van der Waals surface area contributed by atoms with Crippen LogP contribution in [0, 0.1) is 0 Å². The Bertz CT molecular complexity index is 901. The highest BCUT2D eigenvalue weighted by atomic mass is 16.2. The molecule has 5 nitrogen and oxygen atoms in total. The van der Waals surface area contributed by atoms with Gasteiger partial charge in [-0.3, -0.25) is 9.48 Å². The van der Waals surface area contributed by atoms with E-state index in [9.17, 15) is 4.79 Å². The maximum atomic E-state index is 13.3. The zero-order valence-electron chi connectivity index (χ0n) is 16.7. The molecule has 1 aliphatic heterocycles. The van der Waals surface area contributed by atoms with Gasteiger partial charge in [-0.1, -0.05) is 60.7 Å². The fourth-order valence-electron chi connectivity index (χ4n) is 3.84. The van der Waals surface area contributed by atoms with E-state index in [1.165, 1.54) is 5.56 Å². The lowest BCUT2D eigenvalue weighted by Crippen LogP contribution is -2.34. The van der Waals surface area contributed by atoms with Crippen molar-refractivity contribution >= 4 is 5.91 Å². The molecule has 3 aromatic rings. The maximum Gasteiger partial charge on any atom is 0.274 e. The molecule has 1 amide bonds. The first-order chi connectivity index (χ1) is 14.3. The number of hydrogen-bond donors (Lipinski definition) is 1. The van der Waals surface area contributed by atoms with Crippen LogP contribution in [-0.2, 0) is 13.0 Å². The molecule has 29 heavy (non-hydrogen) atoms. The van der Waals surface area contributed by atoms with E-state index in [2.05, 4.69) is 34.7 Å². The van der Waals surface area contributed by atoms with Crippen molar-refractivity contribution in [1.29, 1.82) is 0 Å². The van der Waals surface area contributed by atoms with Gasteiger partial charge in [0.1, 0.15) is 5.69 Å². The van der Waals surface area contributed by atoms with Gasteiger partial charge in [-0.25, -0.2) is 0 Å². The summed E-state index contributed by atoms with van der Waals surface area (Å²) in [5.74, 6) is -0.00713. The van der Waals surface area contributed by atoms with Crippen LogP contribution in [-0.4, -0.2) is 40.2 Å². The first kappa shape index (κ1) is 19.4. The van der Waals surface area contributed by atoms with Crippen LogP contribution in [0.4, 0.5) is 0 Å². The van der Waals surface area contributed by atoms with Gasteiger partial charge in [-0.05, 0) is 43.0 Å². The number of hydrogen-bond acceptors (Lipinski definition) is 3. The van der Waals surface area contributed by atoms with Gasteiger partial charge in [0.2, 0.25) is 0 Å². The Labute approximate surface area is 172 Å². The molecule has 1 atom stereocenters. The number of piperidine rings is 1. The molecule has 2 heterocycles. The fourth-order valence-corrected chi connectivity index (χ4v) is 3.84. The van der Waals surface area contributed by atoms with Gasteiger partial charge < -0.3 is 10.2 Å². The average Bonchev–Trinajstić information content (AvgIpc) is 3.28. The molecule has 1 unspecified atom stereocenters. The second-order valence-electron chi connectivity index (χ2n) is 7.63. The molecular formula is C24H28N4O. The van der Waals surface area contributed by atoms with E-state index in [0.717, 1.165) is 37.9 Å². The van der Waals surface area contributed by atoms with Crippen LogP contribution in [0.25, 0.3) is 0 Å². The minimum atomic E-state index is -0.00713. The van der Waals surface area contributed by atoms with E-state index < -0.39 is 0 Å². The second kappa shape index (κ2) is 9.52. The summed E-state index contributed by atoms with van der Waals surface area (Å²) in [6.45, 7) is 3.23. The van der Waals surface area contributed by atoms with E-state index in [1.807, 2.05) is 58.2 Å². The van der Waals surface area contributed by atoms with Crippen molar-refractivity contribution in [3.8, 4) is 0 Å². The second-order valence-corrected chi connectivity index (χ2v) is 7.63. The van der Waals surface area contributed by atoms with Crippen molar-refractivity contribution in [2.45, 2.75) is 31.8 Å². The van der Waals surface area contributed by atoms with E-state index >= 15 is 0 Å². The molecule has 1 aromatic heterocycles. The first-order valence-corrected chi connectivity index (χ1v) is 10.4. The Morgan fingerprint density at radius 2 is 1.76 bits per heavy atom. The van der Waals surface area contributed by atoms with Crippen molar-refractivity contribution in [2.24, 2.45) is 0 Å². The predicted octanol–water partition coefficient (Wildman–Crippen LogP) is 3.69. The largest absolute Gasteiger partial charge is 0.333 e. The third-order valence-corrected chi connectivity index (χ3v) is 5.49. The highest BCUT2D eigenvalue weighted by Crippen LogP contribution is 2.17. The maximum absolute atomic E-state index is 13.3. The van der Waals surface area contributed by atoms with E-state index in [4.69, 9.17) is 0 Å². The monoisotopic (exact) mass is 388 g/mol. The summed E-state index contributed by atoms with van der Waals surface area (Å²) in [5, 5.41) is 8.05. The highest BCUT2D eigenvalue weighted by Gasteiger charge is 2.21. The minimum absolute atomic E-state index is 0.00713. The standard InChI is InChI=1S/C24H28N4O/c29-24(23-14-17-28(26-23)22-12-7-15-25-18-22)27(19-21-10-5-2-6-11-21)16-13-20-8-3-1-4-9-20/h1-6,8-11,14,17,22,25H,7,12-13,15-16,18-19H2. The smallest absolute Gasteiger partial charge is 0.274 e. The van der Waals surface area contributed by atoms with Crippen molar-refractivity contribution in [3.63, 3.8) is 0 Å². The molecule has 2 aromatic carbocycles. The summed E-state index contributed by atoms with van der Waals surface area (Å²) >= 11 is 0. The summed E-state index contributed by atoms with van der Waals surface area (Å²) in [5.41, 5.74) is 2.89. The molecule has 4 rings (SSSR count). The third kappa shape index (κ3) is 5.12. The SMILES string of the molecule is O=C(c1ccn(C2CCCNC2)n1)N(CCc1ccccc1)Cc1ccccc1. The van der Waals surface area contributed by atoms with Gasteiger partial charge >= 0.3 is 0 Å². The lowest BCUT2D eigenvalue weighted by atomic mass is 10.1. The van der Waals surface area contributed by atoms with Gasteiger partial charge in [0.05, 0.1) is 6.04 Å². The molecular weight excluding hydrogens is 360 g/mol. The van der Waals surface area contributed by atoms with E-state index in [-0.39, 0.29) is 5.91 Å². The Hall–Kier alpha value is -2.92. The summed E-state index contributed by atoms with van der Waals surface area (Å²) in [7, 11) is 0. The molecule has 150 valence electrons. The predicted molar refractivity (Wildman–Crippen MR) is 115 cm³/mol. The zero-order valence-corrected chi connectivity index (χ0v) is 16.7. The molecule has 1 aliphatic rings. The summed E-state index contributed by atoms with van der Waals surface area (Å²) in [4.78, 5) is 15.2. The Balaban J connectivity index is 1.49. The quantitative estimate of drug-likeness (QED) is 0.672. The van der Waals surface area contributed by atoms with Crippen molar-refractivity contribution in [2.75, 3.05) is 19.6 Å². The summed E-state index contributed by atoms with van der Waals surface area (Å²) in [6.07, 6.45) is 5.02. The number of nitrogens with one attached hydrogen (secondary N) is 1.